The minimum absolute atomic E-state index is 0.235. The number of nitrogens with zero attached hydrogens (tertiary/aromatic N) is 3. The van der Waals surface area contributed by atoms with Crippen LogP contribution in [0.25, 0.3) is 0 Å². The molecule has 1 spiro atoms. The molecule has 2 saturated heterocycles. The van der Waals surface area contributed by atoms with Crippen LogP contribution in [-0.4, -0.2) is 68.2 Å². The molecule has 1 N–H and O–H groups in total. The van der Waals surface area contributed by atoms with E-state index in [0.29, 0.717) is 42.8 Å². The number of halogens is 3. The zero-order chi connectivity index (χ0) is 25.9. The number of fused-ring (bicyclic) bond motifs is 1. The highest BCUT2D eigenvalue weighted by Gasteiger charge is 2.59. The molecule has 2 aromatic carbocycles. The largest absolute Gasteiger partial charge is 0.573 e. The van der Waals surface area contributed by atoms with Crippen molar-refractivity contribution >= 4 is 27.3 Å². The van der Waals surface area contributed by atoms with Crippen molar-refractivity contribution in [1.29, 1.82) is 0 Å². The second-order valence-corrected chi connectivity index (χ2v) is 11.9. The van der Waals surface area contributed by atoms with Gasteiger partial charge in [0.05, 0.1) is 17.5 Å². The van der Waals surface area contributed by atoms with Gasteiger partial charge < -0.3 is 15.0 Å². The van der Waals surface area contributed by atoms with E-state index >= 15 is 0 Å². The van der Waals surface area contributed by atoms with Gasteiger partial charge in [0, 0.05) is 37.0 Å². The maximum absolute atomic E-state index is 12.9. The van der Waals surface area contributed by atoms with E-state index in [4.69, 9.17) is 0 Å². The summed E-state index contributed by atoms with van der Waals surface area (Å²) in [6.45, 7) is 2.69. The molecule has 3 heterocycles. The third kappa shape index (κ3) is 4.16. The summed E-state index contributed by atoms with van der Waals surface area (Å²) >= 11 is 0. The summed E-state index contributed by atoms with van der Waals surface area (Å²) in [6, 6.07) is 10.5. The van der Waals surface area contributed by atoms with Crippen molar-refractivity contribution in [3.05, 3.63) is 59.2 Å². The Morgan fingerprint density at radius 3 is 2.42 bits per heavy atom. The molecule has 0 aliphatic carbocycles. The average molecular weight is 523 g/mol. The first-order valence-electron chi connectivity index (χ1n) is 11.5. The van der Waals surface area contributed by atoms with Gasteiger partial charge in [0.25, 0.3) is 0 Å². The molecule has 0 aromatic heterocycles. The minimum Gasteiger partial charge on any atom is -0.406 e. The Labute approximate surface area is 206 Å². The van der Waals surface area contributed by atoms with Crippen LogP contribution in [-0.2, 0) is 16.3 Å². The third-order valence-electron chi connectivity index (χ3n) is 7.08. The lowest BCUT2D eigenvalue weighted by Gasteiger charge is -2.55. The minimum atomic E-state index is -4.85. The Bertz CT molecular complexity index is 1340. The van der Waals surface area contributed by atoms with Gasteiger partial charge in [-0.2, -0.15) is 5.10 Å². The van der Waals surface area contributed by atoms with E-state index in [9.17, 15) is 26.4 Å². The molecule has 12 heteroatoms. The number of hydrazone groups is 1. The Balaban J connectivity index is 1.50. The molecule has 3 aliphatic rings. The Hall–Kier alpha value is -3.28. The molecule has 0 bridgehead atoms. The van der Waals surface area contributed by atoms with Crippen LogP contribution in [0.4, 0.5) is 23.7 Å². The van der Waals surface area contributed by atoms with Gasteiger partial charge in [0.15, 0.2) is 9.84 Å². The molecule has 36 heavy (non-hydrogen) atoms. The van der Waals surface area contributed by atoms with E-state index in [1.807, 2.05) is 24.0 Å². The fraction of sp³-hybridized carbons (Fsp3) is 0.417. The normalized spacial score (nSPS) is 22.0. The second-order valence-electron chi connectivity index (χ2n) is 9.42. The van der Waals surface area contributed by atoms with Gasteiger partial charge in [-0.15, -0.1) is 13.2 Å². The summed E-state index contributed by atoms with van der Waals surface area (Å²) in [6.07, 6.45) is -3.79. The van der Waals surface area contributed by atoms with Crippen LogP contribution in [0.5, 0.6) is 5.75 Å². The number of rotatable bonds is 3. The maximum atomic E-state index is 12.9. The standard InChI is InChI=1S/C24H25F3N4O4S/c1-15-11-17-5-8-19(35-24(25,26)27)12-20(17)21(29-31(15)22(32)28-2)16-3-6-18(7-4-16)30-13-23(14-30)9-10-36(23,33)34/h3-8,12,15H,9-11,13-14H2,1-2H3,(H,28,32)/t15-/m1/s1. The number of carbonyl (C=O) groups is 1. The molecule has 2 fully saturated rings. The number of hydrogen-bond donors (Lipinski definition) is 1. The molecule has 0 radical (unpaired) electrons. The van der Waals surface area contributed by atoms with E-state index < -0.39 is 27.0 Å². The van der Waals surface area contributed by atoms with Crippen LogP contribution >= 0.6 is 0 Å². The number of anilines is 1. The molecule has 0 saturated carbocycles. The summed E-state index contributed by atoms with van der Waals surface area (Å²) in [7, 11) is -1.54. The molecular weight excluding hydrogens is 497 g/mol. The van der Waals surface area contributed by atoms with Gasteiger partial charge >= 0.3 is 12.4 Å². The number of hydrogen-bond acceptors (Lipinski definition) is 6. The summed E-state index contributed by atoms with van der Waals surface area (Å²) in [5.41, 5.74) is 2.93. The number of benzene rings is 2. The van der Waals surface area contributed by atoms with E-state index in [-0.39, 0.29) is 17.5 Å². The van der Waals surface area contributed by atoms with Gasteiger partial charge in [-0.05, 0) is 49.6 Å². The number of amides is 2. The summed E-state index contributed by atoms with van der Waals surface area (Å²) < 4.78 is 66.4. The maximum Gasteiger partial charge on any atom is 0.573 e. The lowest BCUT2D eigenvalue weighted by molar-refractivity contribution is -0.274. The van der Waals surface area contributed by atoms with E-state index in [1.54, 1.807) is 18.2 Å². The molecule has 2 aromatic rings. The topological polar surface area (TPSA) is 91.3 Å². The quantitative estimate of drug-likeness (QED) is 0.668. The molecular formula is C24H25F3N4O4S. The highest BCUT2D eigenvalue weighted by molar-refractivity contribution is 7.94. The number of sulfone groups is 1. The number of carbonyl (C=O) groups excluding carboxylic acids is 1. The summed E-state index contributed by atoms with van der Waals surface area (Å²) in [4.78, 5) is 14.5. The van der Waals surface area contributed by atoms with Crippen molar-refractivity contribution < 1.29 is 31.1 Å². The van der Waals surface area contributed by atoms with Crippen LogP contribution in [0.1, 0.15) is 30.0 Å². The molecule has 0 unspecified atom stereocenters. The van der Waals surface area contributed by atoms with Crippen molar-refractivity contribution in [3.8, 4) is 5.75 Å². The van der Waals surface area contributed by atoms with Crippen LogP contribution in [0.3, 0.4) is 0 Å². The zero-order valence-electron chi connectivity index (χ0n) is 19.7. The van der Waals surface area contributed by atoms with E-state index in [1.165, 1.54) is 24.2 Å². The third-order valence-corrected chi connectivity index (χ3v) is 9.61. The predicted octanol–water partition coefficient (Wildman–Crippen LogP) is 3.30. The van der Waals surface area contributed by atoms with Crippen LogP contribution in [0, 0.1) is 0 Å². The van der Waals surface area contributed by atoms with Crippen molar-refractivity contribution in [3.63, 3.8) is 0 Å². The van der Waals surface area contributed by atoms with Crippen molar-refractivity contribution in [2.75, 3.05) is 30.8 Å². The number of nitrogens with one attached hydrogen (secondary N) is 1. The number of alkyl halides is 3. The smallest absolute Gasteiger partial charge is 0.406 e. The fourth-order valence-corrected chi connectivity index (χ4v) is 6.78. The molecule has 3 aliphatic heterocycles. The van der Waals surface area contributed by atoms with Crippen LogP contribution < -0.4 is 15.0 Å². The SMILES string of the molecule is CNC(=O)N1N=C(c2ccc(N3CC4(CCS4(=O)=O)C3)cc2)c2cc(OC(F)(F)F)ccc2C[C@H]1C. The van der Waals surface area contributed by atoms with E-state index in [0.717, 1.165) is 11.3 Å². The highest BCUT2D eigenvalue weighted by Crippen LogP contribution is 2.44. The monoisotopic (exact) mass is 522 g/mol. The van der Waals surface area contributed by atoms with Crippen molar-refractivity contribution in [1.82, 2.24) is 10.3 Å². The zero-order valence-corrected chi connectivity index (χ0v) is 20.5. The van der Waals surface area contributed by atoms with E-state index in [2.05, 4.69) is 15.2 Å². The Morgan fingerprint density at radius 2 is 1.86 bits per heavy atom. The fourth-order valence-electron chi connectivity index (χ4n) is 4.96. The Kier molecular flexibility index (Phi) is 5.69. The Morgan fingerprint density at radius 1 is 1.17 bits per heavy atom. The molecule has 2 amide bonds. The van der Waals surface area contributed by atoms with Gasteiger partial charge in [0.2, 0.25) is 0 Å². The highest BCUT2D eigenvalue weighted by atomic mass is 32.2. The summed E-state index contributed by atoms with van der Waals surface area (Å²) in [5.74, 6) is -0.140. The summed E-state index contributed by atoms with van der Waals surface area (Å²) in [5, 5.41) is 8.39. The molecule has 1 atom stereocenters. The van der Waals surface area contributed by atoms with Crippen LogP contribution in [0.15, 0.2) is 47.6 Å². The predicted molar refractivity (Wildman–Crippen MR) is 128 cm³/mol. The lowest BCUT2D eigenvalue weighted by atomic mass is 9.92. The molecule has 5 rings (SSSR count). The van der Waals surface area contributed by atoms with Gasteiger partial charge in [0.1, 0.15) is 10.5 Å². The van der Waals surface area contributed by atoms with Gasteiger partial charge in [-0.25, -0.2) is 18.2 Å². The molecule has 192 valence electrons. The van der Waals surface area contributed by atoms with Gasteiger partial charge in [-0.3, -0.25) is 0 Å². The van der Waals surface area contributed by atoms with Crippen molar-refractivity contribution in [2.45, 2.75) is 36.9 Å². The number of urea groups is 1. The molecule has 8 nitrogen and oxygen atoms in total. The first-order valence-corrected chi connectivity index (χ1v) is 13.1. The first kappa shape index (κ1) is 24.4. The van der Waals surface area contributed by atoms with Crippen molar-refractivity contribution in [2.24, 2.45) is 5.10 Å². The first-order chi connectivity index (χ1) is 16.9. The number of ether oxygens (including phenoxy) is 1. The van der Waals surface area contributed by atoms with Crippen LogP contribution in [0.2, 0.25) is 0 Å². The average Bonchev–Trinajstić information content (AvgIpc) is 2.92. The lowest BCUT2D eigenvalue weighted by Crippen LogP contribution is -2.72. The second kappa shape index (κ2) is 8.39. The van der Waals surface area contributed by atoms with Gasteiger partial charge in [-0.1, -0.05) is 18.2 Å².